The van der Waals surface area contributed by atoms with Crippen LogP contribution in [0.25, 0.3) is 0 Å². The predicted octanol–water partition coefficient (Wildman–Crippen LogP) is 2.45. The molecule has 84 valence electrons. The summed E-state index contributed by atoms with van der Waals surface area (Å²) in [6.45, 7) is 2.60. The van der Waals surface area contributed by atoms with Crippen LogP contribution in [0.3, 0.4) is 0 Å². The first kappa shape index (κ1) is 12.3. The van der Waals surface area contributed by atoms with Crippen LogP contribution >= 0.6 is 15.9 Å². The van der Waals surface area contributed by atoms with Crippen LogP contribution in [-0.4, -0.2) is 16.8 Å². The normalized spacial score (nSPS) is 10.6. The van der Waals surface area contributed by atoms with Crippen molar-refractivity contribution in [2.45, 2.75) is 26.2 Å². The van der Waals surface area contributed by atoms with Crippen molar-refractivity contribution in [3.05, 3.63) is 21.7 Å². The molecule has 1 rings (SSSR count). The van der Waals surface area contributed by atoms with E-state index in [9.17, 15) is 10.2 Å². The summed E-state index contributed by atoms with van der Waals surface area (Å²) in [7, 11) is 0. The molecular formula is C11H16BrNO2. The molecule has 0 aliphatic rings. The van der Waals surface area contributed by atoms with E-state index in [1.54, 1.807) is 6.07 Å². The zero-order chi connectivity index (χ0) is 11.4. The minimum Gasteiger partial charge on any atom is -0.504 e. The summed E-state index contributed by atoms with van der Waals surface area (Å²) >= 11 is 3.29. The zero-order valence-corrected chi connectivity index (χ0v) is 10.3. The fourth-order valence-corrected chi connectivity index (χ4v) is 2.26. The number of nitrogens with two attached hydrogens (primary N) is 1. The van der Waals surface area contributed by atoms with Crippen molar-refractivity contribution in [3.8, 4) is 11.5 Å². The molecule has 0 saturated heterocycles. The van der Waals surface area contributed by atoms with Crippen LogP contribution in [0.15, 0.2) is 10.5 Å². The minimum absolute atomic E-state index is 0.0802. The Labute approximate surface area is 98.1 Å². The lowest BCUT2D eigenvalue weighted by Crippen LogP contribution is -2.00. The first-order chi connectivity index (χ1) is 7.07. The number of benzene rings is 1. The second-order valence-electron chi connectivity index (χ2n) is 3.60. The minimum atomic E-state index is -0.0815. The highest BCUT2D eigenvalue weighted by atomic mass is 79.9. The van der Waals surface area contributed by atoms with Crippen LogP contribution in [0.1, 0.15) is 24.0 Å². The quantitative estimate of drug-likeness (QED) is 0.583. The van der Waals surface area contributed by atoms with E-state index in [0.717, 1.165) is 30.4 Å². The van der Waals surface area contributed by atoms with Crippen molar-refractivity contribution in [3.63, 3.8) is 0 Å². The highest BCUT2D eigenvalue weighted by Crippen LogP contribution is 2.38. The molecule has 0 fully saturated rings. The maximum Gasteiger partial charge on any atom is 0.172 e. The van der Waals surface area contributed by atoms with E-state index in [-0.39, 0.29) is 11.5 Å². The van der Waals surface area contributed by atoms with E-state index >= 15 is 0 Å². The molecule has 0 bridgehead atoms. The van der Waals surface area contributed by atoms with Gasteiger partial charge in [-0.3, -0.25) is 0 Å². The number of rotatable bonds is 4. The standard InChI is InChI=1S/C11H16BrNO2/c1-7-6-9(14)11(15)10(12)8(7)4-2-3-5-13/h6,14-15H,2-5,13H2,1H3. The first-order valence-corrected chi connectivity index (χ1v) is 5.77. The third kappa shape index (κ3) is 2.86. The van der Waals surface area contributed by atoms with Crippen LogP contribution < -0.4 is 5.73 Å². The molecule has 15 heavy (non-hydrogen) atoms. The van der Waals surface area contributed by atoms with Gasteiger partial charge in [0.15, 0.2) is 11.5 Å². The Balaban J connectivity index is 2.92. The Bertz CT molecular complexity index is 353. The number of unbranched alkanes of at least 4 members (excludes halogenated alkanes) is 1. The van der Waals surface area contributed by atoms with Gasteiger partial charge < -0.3 is 15.9 Å². The van der Waals surface area contributed by atoms with Crippen molar-refractivity contribution in [2.24, 2.45) is 5.73 Å². The second kappa shape index (κ2) is 5.37. The highest BCUT2D eigenvalue weighted by molar-refractivity contribution is 9.10. The Morgan fingerprint density at radius 2 is 2.00 bits per heavy atom. The molecule has 0 heterocycles. The summed E-state index contributed by atoms with van der Waals surface area (Å²) in [5.74, 6) is -0.162. The fourth-order valence-electron chi connectivity index (χ4n) is 1.54. The number of aromatic hydroxyl groups is 2. The van der Waals surface area contributed by atoms with Crippen molar-refractivity contribution < 1.29 is 10.2 Å². The summed E-state index contributed by atoms with van der Waals surface area (Å²) in [5.41, 5.74) is 7.44. The third-order valence-corrected chi connectivity index (χ3v) is 3.28. The van der Waals surface area contributed by atoms with E-state index in [2.05, 4.69) is 15.9 Å². The number of phenolic OH excluding ortho intramolecular Hbond substituents is 2. The van der Waals surface area contributed by atoms with E-state index in [1.165, 1.54) is 0 Å². The van der Waals surface area contributed by atoms with Crippen LogP contribution in [0.4, 0.5) is 0 Å². The molecule has 0 aliphatic heterocycles. The Morgan fingerprint density at radius 1 is 1.33 bits per heavy atom. The second-order valence-corrected chi connectivity index (χ2v) is 4.39. The van der Waals surface area contributed by atoms with E-state index in [0.29, 0.717) is 11.0 Å². The lowest BCUT2D eigenvalue weighted by Gasteiger charge is -2.11. The van der Waals surface area contributed by atoms with Crippen LogP contribution in [0.5, 0.6) is 11.5 Å². The largest absolute Gasteiger partial charge is 0.504 e. The maximum absolute atomic E-state index is 9.55. The monoisotopic (exact) mass is 273 g/mol. The molecule has 0 unspecified atom stereocenters. The number of aryl methyl sites for hydroxylation is 1. The Kier molecular flexibility index (Phi) is 4.42. The van der Waals surface area contributed by atoms with E-state index < -0.39 is 0 Å². The number of halogens is 1. The summed E-state index contributed by atoms with van der Waals surface area (Å²) in [6, 6.07) is 1.58. The van der Waals surface area contributed by atoms with Gasteiger partial charge in [0.25, 0.3) is 0 Å². The molecule has 0 radical (unpaired) electrons. The van der Waals surface area contributed by atoms with Gasteiger partial charge in [0, 0.05) is 0 Å². The molecule has 1 aromatic rings. The Morgan fingerprint density at radius 3 is 2.60 bits per heavy atom. The molecule has 0 amide bonds. The first-order valence-electron chi connectivity index (χ1n) is 4.98. The SMILES string of the molecule is Cc1cc(O)c(O)c(Br)c1CCCCN. The molecule has 0 aromatic heterocycles. The van der Waals surface area contributed by atoms with Gasteiger partial charge in [-0.25, -0.2) is 0 Å². The molecule has 0 aliphatic carbocycles. The smallest absolute Gasteiger partial charge is 0.172 e. The molecule has 3 nitrogen and oxygen atoms in total. The third-order valence-electron chi connectivity index (χ3n) is 2.43. The maximum atomic E-state index is 9.55. The lowest BCUT2D eigenvalue weighted by molar-refractivity contribution is 0.400. The highest BCUT2D eigenvalue weighted by Gasteiger charge is 2.12. The molecule has 1 aromatic carbocycles. The molecule has 0 spiro atoms. The molecular weight excluding hydrogens is 258 g/mol. The molecule has 0 atom stereocenters. The van der Waals surface area contributed by atoms with Crippen molar-refractivity contribution in [1.29, 1.82) is 0 Å². The van der Waals surface area contributed by atoms with Gasteiger partial charge in [-0.15, -0.1) is 0 Å². The number of hydrogen-bond acceptors (Lipinski definition) is 3. The summed E-state index contributed by atoms with van der Waals surface area (Å²) in [6.07, 6.45) is 2.81. The van der Waals surface area contributed by atoms with Gasteiger partial charge in [-0.2, -0.15) is 0 Å². The van der Waals surface area contributed by atoms with Gasteiger partial charge in [-0.1, -0.05) is 0 Å². The lowest BCUT2D eigenvalue weighted by atomic mass is 10.0. The van der Waals surface area contributed by atoms with Gasteiger partial charge in [0.1, 0.15) is 0 Å². The van der Waals surface area contributed by atoms with Gasteiger partial charge in [0.2, 0.25) is 0 Å². The predicted molar refractivity (Wildman–Crippen MR) is 64.2 cm³/mol. The van der Waals surface area contributed by atoms with Crippen molar-refractivity contribution >= 4 is 15.9 Å². The van der Waals surface area contributed by atoms with Gasteiger partial charge in [-0.05, 0) is 65.9 Å². The molecule has 4 heteroatoms. The van der Waals surface area contributed by atoms with E-state index in [4.69, 9.17) is 5.73 Å². The van der Waals surface area contributed by atoms with Gasteiger partial charge >= 0.3 is 0 Å². The van der Waals surface area contributed by atoms with Crippen molar-refractivity contribution in [1.82, 2.24) is 0 Å². The Hall–Kier alpha value is -0.740. The summed E-state index contributed by atoms with van der Waals surface area (Å²) < 4.78 is 0.594. The fraction of sp³-hybridized carbons (Fsp3) is 0.455. The van der Waals surface area contributed by atoms with Gasteiger partial charge in [0.05, 0.1) is 4.47 Å². The van der Waals surface area contributed by atoms with Crippen LogP contribution in [0.2, 0.25) is 0 Å². The average molecular weight is 274 g/mol. The average Bonchev–Trinajstić information content (AvgIpc) is 2.20. The van der Waals surface area contributed by atoms with E-state index in [1.807, 2.05) is 6.92 Å². The zero-order valence-electron chi connectivity index (χ0n) is 8.76. The van der Waals surface area contributed by atoms with Crippen LogP contribution in [0, 0.1) is 6.92 Å². The summed E-state index contributed by atoms with van der Waals surface area (Å²) in [5, 5.41) is 18.9. The molecule has 4 N–H and O–H groups in total. The number of hydrogen-bond donors (Lipinski definition) is 3. The van der Waals surface area contributed by atoms with Crippen LogP contribution in [-0.2, 0) is 6.42 Å². The number of phenols is 2. The summed E-state index contributed by atoms with van der Waals surface area (Å²) in [4.78, 5) is 0. The topological polar surface area (TPSA) is 66.5 Å². The molecule has 0 saturated carbocycles. The van der Waals surface area contributed by atoms with Crippen molar-refractivity contribution in [2.75, 3.05) is 6.54 Å².